The number of nitrogens with zero attached hydrogens (tertiary/aromatic N) is 2. The molecule has 154 valence electrons. The van der Waals surface area contributed by atoms with Crippen LogP contribution in [0, 0.1) is 5.92 Å². The molecule has 3 fully saturated rings. The number of carbonyl (C=O) groups is 4. The first-order valence-electron chi connectivity index (χ1n) is 10.4. The van der Waals surface area contributed by atoms with E-state index in [1.807, 2.05) is 30.3 Å². The highest BCUT2D eigenvalue weighted by Crippen LogP contribution is 2.27. The Bertz CT molecular complexity index is 798. The summed E-state index contributed by atoms with van der Waals surface area (Å²) in [4.78, 5) is 53.2. The number of rotatable bonds is 5. The van der Waals surface area contributed by atoms with Crippen LogP contribution in [0.3, 0.4) is 0 Å². The van der Waals surface area contributed by atoms with E-state index in [0.29, 0.717) is 25.9 Å². The van der Waals surface area contributed by atoms with Gasteiger partial charge >= 0.3 is 17.8 Å². The molecule has 0 bridgehead atoms. The van der Waals surface area contributed by atoms with E-state index in [1.165, 1.54) is 4.90 Å². The van der Waals surface area contributed by atoms with E-state index in [1.54, 1.807) is 0 Å². The first-order chi connectivity index (χ1) is 14.0. The molecule has 0 atom stereocenters. The van der Waals surface area contributed by atoms with Crippen LogP contribution in [0.4, 0.5) is 10.5 Å². The van der Waals surface area contributed by atoms with Crippen LogP contribution in [-0.2, 0) is 14.4 Å². The van der Waals surface area contributed by atoms with Crippen LogP contribution >= 0.6 is 0 Å². The van der Waals surface area contributed by atoms with E-state index in [4.69, 9.17) is 0 Å². The minimum Gasteiger partial charge on any atom is -0.326 e. The smallest absolute Gasteiger partial charge is 0.326 e. The number of hydrogen-bond acceptors (Lipinski definition) is 4. The second-order valence-electron chi connectivity index (χ2n) is 8.17. The Morgan fingerprint density at radius 2 is 1.62 bits per heavy atom. The summed E-state index contributed by atoms with van der Waals surface area (Å²) in [6, 6.07) is 8.77. The molecule has 29 heavy (non-hydrogen) atoms. The molecule has 0 unspecified atom stereocenters. The lowest BCUT2D eigenvalue weighted by molar-refractivity contribution is -0.912. The standard InChI is InChI=1S/C21H26N4O4/c26-18(22-16-6-2-1-3-7-16)15-10-12-23(13-11-15)14-24-19(27)20(28)25(21(24)29)17-8-4-5-9-17/h1-3,6-7,15,17H,4-5,8-14H2,(H,22,26)/p+1. The van der Waals surface area contributed by atoms with Gasteiger partial charge in [-0.15, -0.1) is 0 Å². The summed E-state index contributed by atoms with van der Waals surface area (Å²) in [7, 11) is 0. The average Bonchev–Trinajstić information content (AvgIpc) is 3.33. The molecule has 0 aromatic heterocycles. The predicted molar refractivity (Wildman–Crippen MR) is 105 cm³/mol. The maximum atomic E-state index is 12.7. The molecule has 8 nitrogen and oxygen atoms in total. The van der Waals surface area contributed by atoms with Gasteiger partial charge in [-0.25, -0.2) is 9.69 Å². The molecule has 3 aliphatic rings. The monoisotopic (exact) mass is 399 g/mol. The van der Waals surface area contributed by atoms with Gasteiger partial charge in [-0.3, -0.25) is 19.3 Å². The van der Waals surface area contributed by atoms with E-state index in [0.717, 1.165) is 41.2 Å². The minimum absolute atomic E-state index is 0.00571. The lowest BCUT2D eigenvalue weighted by atomic mass is 9.96. The number of nitrogens with one attached hydrogen (secondary N) is 2. The fourth-order valence-corrected chi connectivity index (χ4v) is 4.58. The number of piperidine rings is 1. The Morgan fingerprint density at radius 3 is 2.28 bits per heavy atom. The van der Waals surface area contributed by atoms with E-state index >= 15 is 0 Å². The van der Waals surface area contributed by atoms with Gasteiger partial charge in [-0.1, -0.05) is 31.0 Å². The van der Waals surface area contributed by atoms with Gasteiger partial charge < -0.3 is 10.2 Å². The number of para-hydroxylation sites is 1. The van der Waals surface area contributed by atoms with Gasteiger partial charge in [0.25, 0.3) is 0 Å². The number of carbonyl (C=O) groups excluding carboxylic acids is 4. The van der Waals surface area contributed by atoms with Crippen molar-refractivity contribution in [1.29, 1.82) is 0 Å². The maximum Gasteiger partial charge on any atom is 0.338 e. The first kappa shape index (κ1) is 19.6. The topological polar surface area (TPSA) is 91.2 Å². The van der Waals surface area contributed by atoms with Crippen LogP contribution < -0.4 is 10.2 Å². The molecule has 5 amide bonds. The molecule has 8 heteroatoms. The number of benzene rings is 1. The molecule has 1 aromatic carbocycles. The summed E-state index contributed by atoms with van der Waals surface area (Å²) in [6.07, 6.45) is 4.91. The lowest BCUT2D eigenvalue weighted by Gasteiger charge is -2.30. The number of amides is 5. The summed E-state index contributed by atoms with van der Waals surface area (Å²) in [6.45, 7) is 1.56. The molecule has 1 aromatic rings. The van der Waals surface area contributed by atoms with Gasteiger partial charge in [-0.05, 0) is 25.0 Å². The average molecular weight is 399 g/mol. The van der Waals surface area contributed by atoms with Crippen molar-refractivity contribution in [2.75, 3.05) is 25.1 Å². The van der Waals surface area contributed by atoms with Crippen molar-refractivity contribution in [1.82, 2.24) is 9.80 Å². The van der Waals surface area contributed by atoms with Crippen LogP contribution in [0.1, 0.15) is 38.5 Å². The normalized spacial score (nSPS) is 25.7. The molecule has 1 aliphatic carbocycles. The molecule has 2 saturated heterocycles. The van der Waals surface area contributed by atoms with Crippen LogP contribution in [0.5, 0.6) is 0 Å². The number of likely N-dealkylation sites (tertiary alicyclic amines) is 1. The maximum absolute atomic E-state index is 12.7. The number of quaternary nitrogens is 1. The summed E-state index contributed by atoms with van der Waals surface area (Å²) in [5, 5.41) is 2.94. The molecule has 4 rings (SSSR count). The number of anilines is 1. The Kier molecular flexibility index (Phi) is 5.62. The molecule has 2 aliphatic heterocycles. The van der Waals surface area contributed by atoms with Crippen molar-refractivity contribution in [3.8, 4) is 0 Å². The molecule has 0 spiro atoms. The van der Waals surface area contributed by atoms with Crippen LogP contribution in [0.15, 0.2) is 30.3 Å². The van der Waals surface area contributed by atoms with Gasteiger partial charge in [0, 0.05) is 30.5 Å². The molecule has 1 saturated carbocycles. The third-order valence-electron chi connectivity index (χ3n) is 6.26. The summed E-state index contributed by atoms with van der Waals surface area (Å²) in [5.41, 5.74) is 0.783. The quantitative estimate of drug-likeness (QED) is 0.561. The van der Waals surface area contributed by atoms with Gasteiger partial charge in [0.2, 0.25) is 5.91 Å². The molecular formula is C21H27N4O4+. The minimum atomic E-state index is -0.710. The second kappa shape index (κ2) is 8.32. The molecule has 0 radical (unpaired) electrons. The van der Waals surface area contributed by atoms with E-state index in [2.05, 4.69) is 5.32 Å². The lowest BCUT2D eigenvalue weighted by Crippen LogP contribution is -3.14. The number of urea groups is 1. The second-order valence-corrected chi connectivity index (χ2v) is 8.17. The highest BCUT2D eigenvalue weighted by molar-refractivity contribution is 6.44. The molecule has 2 heterocycles. The highest BCUT2D eigenvalue weighted by Gasteiger charge is 2.49. The Morgan fingerprint density at radius 1 is 0.966 bits per heavy atom. The zero-order chi connectivity index (χ0) is 20.4. The number of imide groups is 2. The SMILES string of the molecule is O=C(Nc1ccccc1)C1CC[NH+](CN2C(=O)C(=O)N(C3CCCC3)C2=O)CC1. The highest BCUT2D eigenvalue weighted by atomic mass is 16.2. The van der Waals surface area contributed by atoms with E-state index in [-0.39, 0.29) is 24.5 Å². The Hall–Kier alpha value is -2.74. The van der Waals surface area contributed by atoms with Crippen LogP contribution in [0.2, 0.25) is 0 Å². The predicted octanol–water partition coefficient (Wildman–Crippen LogP) is 0.611. The van der Waals surface area contributed by atoms with Crippen molar-refractivity contribution >= 4 is 29.4 Å². The molecule has 2 N–H and O–H groups in total. The third-order valence-corrected chi connectivity index (χ3v) is 6.26. The van der Waals surface area contributed by atoms with Crippen molar-refractivity contribution in [3.63, 3.8) is 0 Å². The van der Waals surface area contributed by atoms with Gasteiger partial charge in [-0.2, -0.15) is 0 Å². The fraction of sp³-hybridized carbons (Fsp3) is 0.524. The van der Waals surface area contributed by atoms with Crippen molar-refractivity contribution in [3.05, 3.63) is 30.3 Å². The van der Waals surface area contributed by atoms with Gasteiger partial charge in [0.1, 0.15) is 0 Å². The first-order valence-corrected chi connectivity index (χ1v) is 10.4. The van der Waals surface area contributed by atoms with Crippen LogP contribution in [-0.4, -0.2) is 59.4 Å². The van der Waals surface area contributed by atoms with Crippen molar-refractivity contribution in [2.24, 2.45) is 5.92 Å². The third kappa shape index (κ3) is 4.03. The largest absolute Gasteiger partial charge is 0.338 e. The number of hydrogen-bond donors (Lipinski definition) is 2. The van der Waals surface area contributed by atoms with E-state index in [9.17, 15) is 19.2 Å². The zero-order valence-corrected chi connectivity index (χ0v) is 16.4. The summed E-state index contributed by atoms with van der Waals surface area (Å²) < 4.78 is 0. The fourth-order valence-electron chi connectivity index (χ4n) is 4.58. The van der Waals surface area contributed by atoms with Gasteiger partial charge in [0.15, 0.2) is 6.67 Å². The van der Waals surface area contributed by atoms with Crippen molar-refractivity contribution < 1.29 is 24.1 Å². The summed E-state index contributed by atoms with van der Waals surface area (Å²) in [5.74, 6) is -1.47. The zero-order valence-electron chi connectivity index (χ0n) is 16.4. The van der Waals surface area contributed by atoms with E-state index < -0.39 is 17.8 Å². The van der Waals surface area contributed by atoms with Gasteiger partial charge in [0.05, 0.1) is 13.1 Å². The van der Waals surface area contributed by atoms with Crippen molar-refractivity contribution in [2.45, 2.75) is 44.6 Å². The van der Waals surface area contributed by atoms with Crippen LogP contribution in [0.25, 0.3) is 0 Å². The Balaban J connectivity index is 1.30. The molecular weight excluding hydrogens is 372 g/mol. The Labute approximate surface area is 169 Å². The summed E-state index contributed by atoms with van der Waals surface area (Å²) >= 11 is 0.